The van der Waals surface area contributed by atoms with Gasteiger partial charge in [-0.05, 0) is 42.3 Å². The highest BCUT2D eigenvalue weighted by molar-refractivity contribution is 6.21. The number of fused-ring (bicyclic) bond motifs is 1. The van der Waals surface area contributed by atoms with E-state index in [0.29, 0.717) is 16.7 Å². The molecular formula is C25H22N2O3. The molecule has 0 spiro atoms. The molecule has 30 heavy (non-hydrogen) atoms. The van der Waals surface area contributed by atoms with Gasteiger partial charge < -0.3 is 4.90 Å². The van der Waals surface area contributed by atoms with E-state index in [9.17, 15) is 14.4 Å². The van der Waals surface area contributed by atoms with Crippen molar-refractivity contribution in [3.8, 4) is 0 Å². The van der Waals surface area contributed by atoms with Gasteiger partial charge >= 0.3 is 0 Å². The van der Waals surface area contributed by atoms with Crippen molar-refractivity contribution < 1.29 is 14.4 Å². The number of hydrogen-bond acceptors (Lipinski definition) is 3. The Balaban J connectivity index is 1.46. The maximum atomic E-state index is 12.9. The average molecular weight is 398 g/mol. The van der Waals surface area contributed by atoms with Crippen molar-refractivity contribution in [1.29, 1.82) is 0 Å². The van der Waals surface area contributed by atoms with Crippen LogP contribution in [0.5, 0.6) is 0 Å². The molecule has 0 N–H and O–H groups in total. The fraction of sp³-hybridized carbons (Fsp3) is 0.160. The first-order valence-electron chi connectivity index (χ1n) is 9.83. The van der Waals surface area contributed by atoms with Crippen LogP contribution in [-0.4, -0.2) is 34.6 Å². The minimum absolute atomic E-state index is 0.0586. The molecule has 1 atom stereocenters. The summed E-state index contributed by atoms with van der Waals surface area (Å²) in [6.45, 7) is 2.17. The lowest BCUT2D eigenvalue weighted by Gasteiger charge is -2.25. The normalized spacial score (nSPS) is 13.9. The number of carbonyl (C=O) groups is 3. The number of nitrogens with zero attached hydrogens (tertiary/aromatic N) is 2. The summed E-state index contributed by atoms with van der Waals surface area (Å²) in [5.74, 6) is -0.655. The molecule has 0 fully saturated rings. The predicted molar refractivity (Wildman–Crippen MR) is 114 cm³/mol. The molecule has 0 saturated carbocycles. The van der Waals surface area contributed by atoms with Gasteiger partial charge in [0.1, 0.15) is 0 Å². The van der Waals surface area contributed by atoms with Crippen LogP contribution in [0.25, 0.3) is 0 Å². The summed E-state index contributed by atoms with van der Waals surface area (Å²) in [6.07, 6.45) is 0. The third kappa shape index (κ3) is 3.50. The van der Waals surface area contributed by atoms with Crippen molar-refractivity contribution in [1.82, 2.24) is 9.80 Å². The quantitative estimate of drug-likeness (QED) is 0.602. The molecule has 0 aliphatic carbocycles. The van der Waals surface area contributed by atoms with Crippen molar-refractivity contribution >= 4 is 17.7 Å². The van der Waals surface area contributed by atoms with Crippen LogP contribution < -0.4 is 0 Å². The highest BCUT2D eigenvalue weighted by Gasteiger charge is 2.34. The first kappa shape index (κ1) is 19.6. The lowest BCUT2D eigenvalue weighted by atomic mass is 10.1. The van der Waals surface area contributed by atoms with E-state index in [-0.39, 0.29) is 30.3 Å². The smallest absolute Gasteiger partial charge is 0.261 e. The third-order valence-electron chi connectivity index (χ3n) is 5.60. The minimum atomic E-state index is -0.285. The first-order chi connectivity index (χ1) is 14.5. The van der Waals surface area contributed by atoms with Crippen molar-refractivity contribution in [2.75, 3.05) is 7.05 Å². The summed E-state index contributed by atoms with van der Waals surface area (Å²) >= 11 is 0. The Bertz CT molecular complexity index is 1070. The Labute approximate surface area is 175 Å². The van der Waals surface area contributed by atoms with E-state index in [0.717, 1.165) is 11.1 Å². The van der Waals surface area contributed by atoms with Crippen LogP contribution in [0, 0.1) is 0 Å². The number of imide groups is 1. The maximum Gasteiger partial charge on any atom is 0.261 e. The van der Waals surface area contributed by atoms with Gasteiger partial charge in [0.15, 0.2) is 0 Å². The molecule has 150 valence electrons. The molecule has 0 bridgehead atoms. The van der Waals surface area contributed by atoms with Crippen LogP contribution in [0.3, 0.4) is 0 Å². The van der Waals surface area contributed by atoms with Gasteiger partial charge in [-0.2, -0.15) is 0 Å². The zero-order chi connectivity index (χ0) is 21.3. The number of rotatable bonds is 5. The zero-order valence-corrected chi connectivity index (χ0v) is 16.9. The van der Waals surface area contributed by atoms with Gasteiger partial charge in [-0.1, -0.05) is 54.6 Å². The zero-order valence-electron chi connectivity index (χ0n) is 16.9. The second-order valence-electron chi connectivity index (χ2n) is 7.44. The largest absolute Gasteiger partial charge is 0.335 e. The van der Waals surface area contributed by atoms with E-state index < -0.39 is 0 Å². The third-order valence-corrected chi connectivity index (χ3v) is 5.60. The lowest BCUT2D eigenvalue weighted by molar-refractivity contribution is 0.0640. The van der Waals surface area contributed by atoms with Crippen molar-refractivity contribution in [3.05, 3.63) is 107 Å². The first-order valence-corrected chi connectivity index (χ1v) is 9.83. The van der Waals surface area contributed by atoms with Gasteiger partial charge in [0.05, 0.1) is 23.7 Å². The molecule has 3 aromatic carbocycles. The molecule has 0 aromatic heterocycles. The summed E-state index contributed by atoms with van der Waals surface area (Å²) in [7, 11) is 1.78. The number of benzene rings is 3. The molecule has 1 aliphatic rings. The van der Waals surface area contributed by atoms with Crippen LogP contribution in [0.2, 0.25) is 0 Å². The molecule has 3 amide bonds. The van der Waals surface area contributed by atoms with Crippen molar-refractivity contribution in [2.24, 2.45) is 0 Å². The summed E-state index contributed by atoms with van der Waals surface area (Å²) in [4.78, 5) is 40.9. The van der Waals surface area contributed by atoms with Crippen molar-refractivity contribution in [2.45, 2.75) is 19.5 Å². The monoisotopic (exact) mass is 398 g/mol. The fourth-order valence-electron chi connectivity index (χ4n) is 3.65. The fourth-order valence-corrected chi connectivity index (χ4v) is 3.65. The highest BCUT2D eigenvalue weighted by atomic mass is 16.2. The molecule has 1 unspecified atom stereocenters. The Hall–Kier alpha value is -3.73. The Morgan fingerprint density at radius 2 is 1.37 bits per heavy atom. The number of carbonyl (C=O) groups excluding carboxylic acids is 3. The maximum absolute atomic E-state index is 12.9. The standard InChI is InChI=1S/C25H22N2O3/c1-17(19-8-4-3-5-9-19)26(2)23(28)20-14-12-18(13-15-20)16-27-24(29)21-10-6-7-11-22(21)25(27)30/h3-15,17H,16H2,1-2H3. The number of hydrogen-bond donors (Lipinski definition) is 0. The molecule has 5 heteroatoms. The SMILES string of the molecule is CC(c1ccccc1)N(C)C(=O)c1ccc(CN2C(=O)c3ccccc3C2=O)cc1. The van der Waals surface area contributed by atoms with Gasteiger partial charge in [0.25, 0.3) is 17.7 Å². The predicted octanol–water partition coefficient (Wildman–Crippen LogP) is 4.32. The van der Waals surface area contributed by atoms with Gasteiger partial charge in [-0.3, -0.25) is 19.3 Å². The van der Waals surface area contributed by atoms with E-state index in [4.69, 9.17) is 0 Å². The lowest BCUT2D eigenvalue weighted by Crippen LogP contribution is -2.30. The molecule has 1 heterocycles. The molecule has 0 radical (unpaired) electrons. The van der Waals surface area contributed by atoms with E-state index in [2.05, 4.69) is 0 Å². The molecule has 4 rings (SSSR count). The molecule has 0 saturated heterocycles. The van der Waals surface area contributed by atoms with Crippen LogP contribution in [-0.2, 0) is 6.54 Å². The summed E-state index contributed by atoms with van der Waals surface area (Å²) in [5.41, 5.74) is 3.29. The van der Waals surface area contributed by atoms with Crippen molar-refractivity contribution in [3.63, 3.8) is 0 Å². The number of amides is 3. The van der Waals surface area contributed by atoms with Crippen LogP contribution in [0.4, 0.5) is 0 Å². The minimum Gasteiger partial charge on any atom is -0.335 e. The van der Waals surface area contributed by atoms with Gasteiger partial charge in [-0.25, -0.2) is 0 Å². The molecule has 1 aliphatic heterocycles. The molecule has 5 nitrogen and oxygen atoms in total. The van der Waals surface area contributed by atoms with Crippen LogP contribution in [0.1, 0.15) is 55.2 Å². The van der Waals surface area contributed by atoms with E-state index in [1.165, 1.54) is 4.90 Å². The summed E-state index contributed by atoms with van der Waals surface area (Å²) < 4.78 is 0. The second kappa shape index (κ2) is 7.95. The second-order valence-corrected chi connectivity index (χ2v) is 7.44. The average Bonchev–Trinajstić information content (AvgIpc) is 3.04. The Morgan fingerprint density at radius 3 is 1.93 bits per heavy atom. The highest BCUT2D eigenvalue weighted by Crippen LogP contribution is 2.25. The molecule has 3 aromatic rings. The van der Waals surface area contributed by atoms with E-state index in [1.54, 1.807) is 60.5 Å². The summed E-state index contributed by atoms with van der Waals surface area (Å²) in [6, 6.07) is 23.7. The summed E-state index contributed by atoms with van der Waals surface area (Å²) in [5, 5.41) is 0. The van der Waals surface area contributed by atoms with E-state index >= 15 is 0 Å². The Kier molecular flexibility index (Phi) is 5.19. The topological polar surface area (TPSA) is 57.7 Å². The molecular weight excluding hydrogens is 376 g/mol. The van der Waals surface area contributed by atoms with Crippen LogP contribution >= 0.6 is 0 Å². The van der Waals surface area contributed by atoms with Crippen LogP contribution in [0.15, 0.2) is 78.9 Å². The van der Waals surface area contributed by atoms with Gasteiger partial charge in [-0.15, -0.1) is 0 Å². The van der Waals surface area contributed by atoms with Gasteiger partial charge in [0, 0.05) is 12.6 Å². The van der Waals surface area contributed by atoms with Gasteiger partial charge in [0.2, 0.25) is 0 Å². The van der Waals surface area contributed by atoms with E-state index in [1.807, 2.05) is 37.3 Å². The Morgan fingerprint density at radius 1 is 0.833 bits per heavy atom.